The quantitative estimate of drug-likeness (QED) is 0.735. The number of carbonyl (C=O) groups is 1. The third-order valence-corrected chi connectivity index (χ3v) is 4.09. The second-order valence-corrected chi connectivity index (χ2v) is 5.80. The number of sulfonamides is 1. The molecule has 0 fully saturated rings. The van der Waals surface area contributed by atoms with E-state index in [1.807, 2.05) is 0 Å². The number of H-pyrrole nitrogens is 1. The summed E-state index contributed by atoms with van der Waals surface area (Å²) < 4.78 is 26.5. The maximum Gasteiger partial charge on any atom is 0.251 e. The summed E-state index contributed by atoms with van der Waals surface area (Å²) in [5, 5.41) is 8.80. The first kappa shape index (κ1) is 14.2. The van der Waals surface area contributed by atoms with E-state index in [9.17, 15) is 13.2 Å². The summed E-state index contributed by atoms with van der Waals surface area (Å²) in [5.74, 6) is -0.264. The van der Waals surface area contributed by atoms with E-state index in [4.69, 9.17) is 0 Å². The zero-order valence-electron chi connectivity index (χ0n) is 10.8. The highest BCUT2D eigenvalue weighted by Gasteiger charge is 2.14. The zero-order valence-corrected chi connectivity index (χ0v) is 11.6. The minimum absolute atomic E-state index is 0.105. The molecule has 0 unspecified atom stereocenters. The van der Waals surface area contributed by atoms with Crippen molar-refractivity contribution in [2.24, 2.45) is 0 Å². The van der Waals surface area contributed by atoms with Gasteiger partial charge in [0.1, 0.15) is 0 Å². The summed E-state index contributed by atoms with van der Waals surface area (Å²) in [6.45, 7) is 0.149. The summed E-state index contributed by atoms with van der Waals surface area (Å²) >= 11 is 0. The molecule has 1 aromatic carbocycles. The number of amides is 1. The Hall–Kier alpha value is -2.19. The third kappa shape index (κ3) is 3.22. The molecule has 2 rings (SSSR count). The summed E-state index contributed by atoms with van der Waals surface area (Å²) in [6.07, 6.45) is 3.15. The van der Waals surface area contributed by atoms with Crippen LogP contribution < -0.4 is 10.0 Å². The van der Waals surface area contributed by atoms with Crippen molar-refractivity contribution in [3.63, 3.8) is 0 Å². The average Bonchev–Trinajstić information content (AvgIpc) is 2.98. The molecule has 0 bridgehead atoms. The SMILES string of the molecule is CNC(=O)c1ccc(S(=O)(=O)NCc2cn[nH]c2)cc1. The number of nitrogens with zero attached hydrogens (tertiary/aromatic N) is 1. The lowest BCUT2D eigenvalue weighted by Gasteiger charge is -2.06. The van der Waals surface area contributed by atoms with Crippen molar-refractivity contribution in [2.75, 3.05) is 7.05 Å². The maximum atomic E-state index is 12.0. The highest BCUT2D eigenvalue weighted by molar-refractivity contribution is 7.89. The van der Waals surface area contributed by atoms with E-state index in [-0.39, 0.29) is 17.3 Å². The molecule has 1 amide bonds. The second-order valence-electron chi connectivity index (χ2n) is 4.03. The molecule has 3 N–H and O–H groups in total. The third-order valence-electron chi connectivity index (χ3n) is 2.68. The number of benzene rings is 1. The first-order chi connectivity index (χ1) is 9.53. The zero-order chi connectivity index (χ0) is 14.6. The van der Waals surface area contributed by atoms with Crippen LogP contribution in [0.2, 0.25) is 0 Å². The number of hydrogen-bond acceptors (Lipinski definition) is 4. The lowest BCUT2D eigenvalue weighted by atomic mass is 10.2. The predicted molar refractivity (Wildman–Crippen MR) is 72.4 cm³/mol. The van der Waals surface area contributed by atoms with Gasteiger partial charge in [-0.2, -0.15) is 5.10 Å². The van der Waals surface area contributed by atoms with E-state index in [1.54, 1.807) is 6.20 Å². The number of carbonyl (C=O) groups excluding carboxylic acids is 1. The molecular formula is C12H14N4O3S. The van der Waals surface area contributed by atoms with E-state index >= 15 is 0 Å². The molecular weight excluding hydrogens is 280 g/mol. The predicted octanol–water partition coefficient (Wildman–Crippen LogP) is 0.248. The van der Waals surface area contributed by atoms with Crippen molar-refractivity contribution < 1.29 is 13.2 Å². The average molecular weight is 294 g/mol. The van der Waals surface area contributed by atoms with Crippen LogP contribution in [0.15, 0.2) is 41.6 Å². The smallest absolute Gasteiger partial charge is 0.251 e. The normalized spacial score (nSPS) is 11.2. The van der Waals surface area contributed by atoms with Crippen LogP contribution in [0.3, 0.4) is 0 Å². The Morgan fingerprint density at radius 2 is 2.00 bits per heavy atom. The number of rotatable bonds is 5. The van der Waals surface area contributed by atoms with Gasteiger partial charge < -0.3 is 5.32 Å². The Morgan fingerprint density at radius 1 is 1.30 bits per heavy atom. The first-order valence-corrected chi connectivity index (χ1v) is 7.31. The topological polar surface area (TPSA) is 104 Å². The molecule has 106 valence electrons. The highest BCUT2D eigenvalue weighted by atomic mass is 32.2. The lowest BCUT2D eigenvalue weighted by Crippen LogP contribution is -2.23. The van der Waals surface area contributed by atoms with Crippen LogP contribution in [-0.2, 0) is 16.6 Å². The standard InChI is InChI=1S/C12H14N4O3S/c1-13-12(17)10-2-4-11(5-3-10)20(18,19)16-8-9-6-14-15-7-9/h2-7,16H,8H2,1H3,(H,13,17)(H,14,15). The van der Waals surface area contributed by atoms with Crippen molar-refractivity contribution in [1.29, 1.82) is 0 Å². The van der Waals surface area contributed by atoms with Crippen molar-refractivity contribution in [3.05, 3.63) is 47.8 Å². The number of nitrogens with one attached hydrogen (secondary N) is 3. The second kappa shape index (κ2) is 5.85. The molecule has 1 aromatic heterocycles. The summed E-state index contributed by atoms with van der Waals surface area (Å²) in [6, 6.07) is 5.71. The Morgan fingerprint density at radius 3 is 2.55 bits per heavy atom. The van der Waals surface area contributed by atoms with Crippen molar-refractivity contribution in [3.8, 4) is 0 Å². The van der Waals surface area contributed by atoms with Crippen molar-refractivity contribution >= 4 is 15.9 Å². The van der Waals surface area contributed by atoms with Gasteiger partial charge in [-0.05, 0) is 24.3 Å². The van der Waals surface area contributed by atoms with Crippen LogP contribution >= 0.6 is 0 Å². The summed E-state index contributed by atoms with van der Waals surface area (Å²) in [7, 11) is -2.10. The molecule has 0 atom stereocenters. The van der Waals surface area contributed by atoms with Crippen LogP contribution in [0.25, 0.3) is 0 Å². The summed E-state index contributed by atoms with van der Waals surface area (Å²) in [5.41, 5.74) is 1.14. The number of aromatic amines is 1. The van der Waals surface area contributed by atoms with E-state index in [1.165, 1.54) is 37.5 Å². The van der Waals surface area contributed by atoms with Crippen molar-refractivity contribution in [1.82, 2.24) is 20.2 Å². The molecule has 1 heterocycles. The number of hydrogen-bond donors (Lipinski definition) is 3. The van der Waals surface area contributed by atoms with Gasteiger partial charge in [0, 0.05) is 30.9 Å². The number of aromatic nitrogens is 2. The Labute approximate surface area is 116 Å². The van der Waals surface area contributed by atoms with Gasteiger partial charge in [0.25, 0.3) is 5.91 Å². The Kier molecular flexibility index (Phi) is 4.16. The molecule has 20 heavy (non-hydrogen) atoms. The van der Waals surface area contributed by atoms with Gasteiger partial charge in [-0.1, -0.05) is 0 Å². The van der Waals surface area contributed by atoms with Gasteiger partial charge in [-0.25, -0.2) is 13.1 Å². The highest BCUT2D eigenvalue weighted by Crippen LogP contribution is 2.11. The van der Waals surface area contributed by atoms with Crippen LogP contribution in [0.1, 0.15) is 15.9 Å². The fourth-order valence-electron chi connectivity index (χ4n) is 1.57. The van der Waals surface area contributed by atoms with Gasteiger partial charge in [0.2, 0.25) is 10.0 Å². The Bertz CT molecular complexity index is 678. The maximum absolute atomic E-state index is 12.0. The van der Waals surface area contributed by atoms with Gasteiger partial charge in [0.05, 0.1) is 11.1 Å². The molecule has 7 nitrogen and oxygen atoms in total. The van der Waals surface area contributed by atoms with E-state index < -0.39 is 10.0 Å². The van der Waals surface area contributed by atoms with Crippen LogP contribution in [-0.4, -0.2) is 31.6 Å². The fourth-order valence-corrected chi connectivity index (χ4v) is 2.58. The van der Waals surface area contributed by atoms with Gasteiger partial charge in [-0.15, -0.1) is 0 Å². The minimum atomic E-state index is -3.61. The molecule has 0 aliphatic rings. The summed E-state index contributed by atoms with van der Waals surface area (Å²) in [4.78, 5) is 11.5. The largest absolute Gasteiger partial charge is 0.355 e. The Balaban J connectivity index is 2.11. The van der Waals surface area contributed by atoms with E-state index in [0.29, 0.717) is 5.56 Å². The molecule has 0 saturated heterocycles. The fraction of sp³-hybridized carbons (Fsp3) is 0.167. The van der Waals surface area contributed by atoms with Gasteiger partial charge in [-0.3, -0.25) is 9.89 Å². The molecule has 8 heteroatoms. The molecule has 0 aliphatic heterocycles. The van der Waals surface area contributed by atoms with Crippen LogP contribution in [0.4, 0.5) is 0 Å². The van der Waals surface area contributed by atoms with Crippen molar-refractivity contribution in [2.45, 2.75) is 11.4 Å². The monoisotopic (exact) mass is 294 g/mol. The first-order valence-electron chi connectivity index (χ1n) is 5.82. The lowest BCUT2D eigenvalue weighted by molar-refractivity contribution is 0.0963. The molecule has 0 aliphatic carbocycles. The van der Waals surface area contributed by atoms with Crippen LogP contribution in [0.5, 0.6) is 0 Å². The van der Waals surface area contributed by atoms with Gasteiger partial charge >= 0.3 is 0 Å². The molecule has 0 spiro atoms. The molecule has 0 saturated carbocycles. The van der Waals surface area contributed by atoms with E-state index in [2.05, 4.69) is 20.2 Å². The van der Waals surface area contributed by atoms with Gasteiger partial charge in [0.15, 0.2) is 0 Å². The van der Waals surface area contributed by atoms with E-state index in [0.717, 1.165) is 5.56 Å². The van der Waals surface area contributed by atoms with Crippen LogP contribution in [0, 0.1) is 0 Å². The molecule has 0 radical (unpaired) electrons. The molecule has 2 aromatic rings. The minimum Gasteiger partial charge on any atom is -0.355 e.